The van der Waals surface area contributed by atoms with E-state index in [4.69, 9.17) is 11.6 Å². The van der Waals surface area contributed by atoms with Crippen LogP contribution < -0.4 is 0 Å². The molecule has 0 radical (unpaired) electrons. The summed E-state index contributed by atoms with van der Waals surface area (Å²) in [6.07, 6.45) is -1.40. The molecule has 0 aromatic heterocycles. The Labute approximate surface area is 88.2 Å². The number of nitro benzene ring substituents is 1. The second-order valence-electron chi connectivity index (χ2n) is 2.75. The van der Waals surface area contributed by atoms with Crippen molar-refractivity contribution in [1.29, 1.82) is 0 Å². The molecule has 0 fully saturated rings. The summed E-state index contributed by atoms with van der Waals surface area (Å²) in [5, 5.41) is 19.7. The molecule has 1 unspecified atom stereocenters. The number of halogens is 3. The van der Waals surface area contributed by atoms with E-state index in [9.17, 15) is 24.0 Å². The molecule has 1 atom stereocenters. The summed E-state index contributed by atoms with van der Waals surface area (Å²) in [5.74, 6) is -2.95. The van der Waals surface area contributed by atoms with Gasteiger partial charge in [0.15, 0.2) is 11.6 Å². The molecule has 0 bridgehead atoms. The first-order valence-corrected chi connectivity index (χ1v) is 4.38. The van der Waals surface area contributed by atoms with Gasteiger partial charge in [0, 0.05) is 0 Å². The van der Waals surface area contributed by atoms with Crippen molar-refractivity contribution in [2.45, 2.75) is 6.10 Å². The standard InChI is InChI=1S/C8H6ClF2NO3/c9-3-8(13)4-1-5(10)6(11)2-7(4)12(14)15/h1-2,8,13H,3H2. The van der Waals surface area contributed by atoms with Gasteiger partial charge in [-0.15, -0.1) is 11.6 Å². The van der Waals surface area contributed by atoms with Crippen LogP contribution >= 0.6 is 11.6 Å². The third kappa shape index (κ3) is 2.40. The second kappa shape index (κ2) is 4.50. The molecule has 7 heteroatoms. The predicted octanol–water partition coefficient (Wildman–Crippen LogP) is 2.15. The number of hydrogen-bond acceptors (Lipinski definition) is 3. The van der Waals surface area contributed by atoms with E-state index in [0.29, 0.717) is 12.1 Å². The molecule has 0 amide bonds. The van der Waals surface area contributed by atoms with Crippen molar-refractivity contribution < 1.29 is 18.8 Å². The van der Waals surface area contributed by atoms with E-state index in [1.54, 1.807) is 0 Å². The van der Waals surface area contributed by atoms with Crippen molar-refractivity contribution in [2.24, 2.45) is 0 Å². The van der Waals surface area contributed by atoms with E-state index in [1.807, 2.05) is 0 Å². The number of rotatable bonds is 3. The molecular formula is C8H6ClF2NO3. The highest BCUT2D eigenvalue weighted by Gasteiger charge is 2.23. The molecule has 0 aliphatic rings. The minimum Gasteiger partial charge on any atom is -0.387 e. The number of aliphatic hydroxyl groups excluding tert-OH is 1. The van der Waals surface area contributed by atoms with E-state index >= 15 is 0 Å². The fraction of sp³-hybridized carbons (Fsp3) is 0.250. The normalized spacial score (nSPS) is 12.5. The number of nitrogens with zero attached hydrogens (tertiary/aromatic N) is 1. The van der Waals surface area contributed by atoms with Crippen LogP contribution in [0.4, 0.5) is 14.5 Å². The molecular weight excluding hydrogens is 232 g/mol. The molecule has 0 saturated carbocycles. The predicted molar refractivity (Wildman–Crippen MR) is 48.7 cm³/mol. The average Bonchev–Trinajstić information content (AvgIpc) is 2.20. The molecule has 82 valence electrons. The fourth-order valence-electron chi connectivity index (χ4n) is 1.06. The Balaban J connectivity index is 3.34. The van der Waals surface area contributed by atoms with E-state index in [0.717, 1.165) is 0 Å². The number of nitro groups is 1. The van der Waals surface area contributed by atoms with Crippen molar-refractivity contribution in [1.82, 2.24) is 0 Å². The van der Waals surface area contributed by atoms with Gasteiger partial charge in [0.25, 0.3) is 5.69 Å². The summed E-state index contributed by atoms with van der Waals surface area (Å²) in [5.41, 5.74) is -1.03. The largest absolute Gasteiger partial charge is 0.387 e. The van der Waals surface area contributed by atoms with Crippen LogP contribution in [0.2, 0.25) is 0 Å². The lowest BCUT2D eigenvalue weighted by molar-refractivity contribution is -0.386. The van der Waals surface area contributed by atoms with Crippen molar-refractivity contribution in [2.75, 3.05) is 5.88 Å². The lowest BCUT2D eigenvalue weighted by atomic mass is 10.1. The van der Waals surface area contributed by atoms with Crippen molar-refractivity contribution in [3.8, 4) is 0 Å². The first kappa shape index (κ1) is 11.8. The first-order valence-electron chi connectivity index (χ1n) is 3.84. The maximum atomic E-state index is 12.8. The highest BCUT2D eigenvalue weighted by atomic mass is 35.5. The Bertz CT molecular complexity index is 400. The zero-order valence-electron chi connectivity index (χ0n) is 7.28. The van der Waals surface area contributed by atoms with Gasteiger partial charge in [0.05, 0.1) is 28.5 Å². The quantitative estimate of drug-likeness (QED) is 0.498. The molecule has 0 spiro atoms. The maximum absolute atomic E-state index is 12.8. The Kier molecular flexibility index (Phi) is 3.54. The van der Waals surface area contributed by atoms with Crippen molar-refractivity contribution in [3.63, 3.8) is 0 Å². The van der Waals surface area contributed by atoms with Crippen LogP contribution in [0.5, 0.6) is 0 Å². The van der Waals surface area contributed by atoms with Crippen molar-refractivity contribution >= 4 is 17.3 Å². The van der Waals surface area contributed by atoms with Gasteiger partial charge in [-0.25, -0.2) is 8.78 Å². The summed E-state index contributed by atoms with van der Waals surface area (Å²) in [6, 6.07) is 0.987. The smallest absolute Gasteiger partial charge is 0.278 e. The summed E-state index contributed by atoms with van der Waals surface area (Å²) in [6.45, 7) is 0. The average molecular weight is 238 g/mol. The number of alkyl halides is 1. The van der Waals surface area contributed by atoms with Gasteiger partial charge in [0.1, 0.15) is 0 Å². The van der Waals surface area contributed by atoms with Gasteiger partial charge < -0.3 is 5.11 Å². The minimum atomic E-state index is -1.40. The topological polar surface area (TPSA) is 63.4 Å². The SMILES string of the molecule is O=[N+]([O-])c1cc(F)c(F)cc1C(O)CCl. The summed E-state index contributed by atoms with van der Waals surface area (Å²) in [4.78, 5) is 9.56. The van der Waals surface area contributed by atoms with Crippen LogP contribution in [0.25, 0.3) is 0 Å². The molecule has 15 heavy (non-hydrogen) atoms. The summed E-state index contributed by atoms with van der Waals surface area (Å²) < 4.78 is 25.5. The van der Waals surface area contributed by atoms with Gasteiger partial charge >= 0.3 is 0 Å². The molecule has 0 saturated heterocycles. The van der Waals surface area contributed by atoms with E-state index in [1.165, 1.54) is 0 Å². The first-order chi connectivity index (χ1) is 6.97. The van der Waals surface area contributed by atoms with Gasteiger partial charge in [-0.05, 0) is 6.07 Å². The second-order valence-corrected chi connectivity index (χ2v) is 3.06. The van der Waals surface area contributed by atoms with Crippen LogP contribution in [0.1, 0.15) is 11.7 Å². The van der Waals surface area contributed by atoms with Crippen LogP contribution in [0.3, 0.4) is 0 Å². The van der Waals surface area contributed by atoms with Gasteiger partial charge in [0.2, 0.25) is 0 Å². The summed E-state index contributed by atoms with van der Waals surface area (Å²) in [7, 11) is 0. The Morgan fingerprint density at radius 2 is 2.00 bits per heavy atom. The Hall–Kier alpha value is -1.27. The summed E-state index contributed by atoms with van der Waals surface area (Å²) >= 11 is 5.27. The molecule has 1 aromatic rings. The highest BCUT2D eigenvalue weighted by Crippen LogP contribution is 2.28. The molecule has 4 nitrogen and oxygen atoms in total. The zero-order chi connectivity index (χ0) is 11.6. The molecule has 0 heterocycles. The molecule has 0 aliphatic carbocycles. The molecule has 1 aromatic carbocycles. The van der Waals surface area contributed by atoms with Crippen molar-refractivity contribution in [3.05, 3.63) is 39.4 Å². The molecule has 1 rings (SSSR count). The van der Waals surface area contributed by atoms with E-state index in [2.05, 4.69) is 0 Å². The van der Waals surface area contributed by atoms with Gasteiger partial charge in [-0.2, -0.15) is 0 Å². The minimum absolute atomic E-state index is 0.339. The maximum Gasteiger partial charge on any atom is 0.278 e. The van der Waals surface area contributed by atoms with Crippen LogP contribution in [-0.2, 0) is 0 Å². The zero-order valence-corrected chi connectivity index (χ0v) is 8.04. The fourth-order valence-corrected chi connectivity index (χ4v) is 1.23. The van der Waals surface area contributed by atoms with Gasteiger partial charge in [-0.1, -0.05) is 0 Å². The Morgan fingerprint density at radius 1 is 1.47 bits per heavy atom. The third-order valence-corrected chi connectivity index (χ3v) is 2.06. The number of hydrogen-bond donors (Lipinski definition) is 1. The van der Waals surface area contributed by atoms with E-state index in [-0.39, 0.29) is 11.4 Å². The van der Waals surface area contributed by atoms with Crippen LogP contribution in [0.15, 0.2) is 12.1 Å². The molecule has 0 aliphatic heterocycles. The monoisotopic (exact) mass is 237 g/mol. The van der Waals surface area contributed by atoms with Crippen LogP contribution in [-0.4, -0.2) is 15.9 Å². The van der Waals surface area contributed by atoms with Gasteiger partial charge in [-0.3, -0.25) is 10.1 Å². The lowest BCUT2D eigenvalue weighted by Gasteiger charge is -2.07. The van der Waals surface area contributed by atoms with Crippen LogP contribution in [0, 0.1) is 21.7 Å². The molecule has 1 N–H and O–H groups in total. The lowest BCUT2D eigenvalue weighted by Crippen LogP contribution is -2.05. The number of aliphatic hydroxyl groups is 1. The van der Waals surface area contributed by atoms with E-state index < -0.39 is 28.3 Å². The highest BCUT2D eigenvalue weighted by molar-refractivity contribution is 6.18. The third-order valence-electron chi connectivity index (χ3n) is 1.77. The number of benzene rings is 1. The Morgan fingerprint density at radius 3 is 2.47 bits per heavy atom.